The molecule has 0 radical (unpaired) electrons. The molecule has 0 aliphatic carbocycles. The zero-order valence-corrected chi connectivity index (χ0v) is 14.5. The second-order valence-corrected chi connectivity index (χ2v) is 5.87. The summed E-state index contributed by atoms with van der Waals surface area (Å²) >= 11 is 0. The van der Waals surface area contributed by atoms with E-state index in [1.807, 2.05) is 18.0 Å². The van der Waals surface area contributed by atoms with Crippen LogP contribution >= 0.6 is 12.4 Å². The second-order valence-electron chi connectivity index (χ2n) is 5.87. The molecule has 1 atom stereocenters. The van der Waals surface area contributed by atoms with E-state index in [9.17, 15) is 4.79 Å². The van der Waals surface area contributed by atoms with Crippen LogP contribution in [0.15, 0.2) is 36.7 Å². The van der Waals surface area contributed by atoms with Crippen molar-refractivity contribution in [2.24, 2.45) is 0 Å². The molecule has 1 saturated heterocycles. The highest BCUT2D eigenvalue weighted by Crippen LogP contribution is 2.25. The Morgan fingerprint density at radius 1 is 1.26 bits per heavy atom. The molecule has 124 valence electrons. The number of amides is 1. The monoisotopic (exact) mass is 333 g/mol. The Kier molecular flexibility index (Phi) is 5.85. The fraction of sp³-hybridized carbons (Fsp3) is 0.389. The third kappa shape index (κ3) is 3.59. The van der Waals surface area contributed by atoms with Crippen molar-refractivity contribution in [2.45, 2.75) is 26.3 Å². The minimum absolute atomic E-state index is 0. The van der Waals surface area contributed by atoms with Gasteiger partial charge in [-0.3, -0.25) is 4.79 Å². The minimum Gasteiger partial charge on any atom is -0.367 e. The molecule has 1 fully saturated rings. The van der Waals surface area contributed by atoms with Crippen molar-refractivity contribution in [1.82, 2.24) is 15.2 Å². The minimum atomic E-state index is 0. The smallest absolute Gasteiger partial charge is 0.256 e. The molecule has 1 aromatic carbocycles. The number of hydrogen-bond acceptors (Lipinski definition) is 2. The van der Waals surface area contributed by atoms with Crippen LogP contribution in [0.5, 0.6) is 0 Å². The van der Waals surface area contributed by atoms with E-state index in [4.69, 9.17) is 0 Å². The number of rotatable bonds is 3. The molecule has 5 heteroatoms. The summed E-state index contributed by atoms with van der Waals surface area (Å²) in [5.41, 5.74) is 4.30. The first kappa shape index (κ1) is 17.6. The van der Waals surface area contributed by atoms with Crippen LogP contribution in [0.1, 0.15) is 40.0 Å². The van der Waals surface area contributed by atoms with E-state index in [1.165, 1.54) is 11.1 Å². The summed E-state index contributed by atoms with van der Waals surface area (Å²) in [5, 5.41) is 3.40. The van der Waals surface area contributed by atoms with Gasteiger partial charge in [-0.25, -0.2) is 0 Å². The Hall–Kier alpha value is -1.78. The van der Waals surface area contributed by atoms with Crippen LogP contribution in [0.25, 0.3) is 0 Å². The molecule has 0 spiro atoms. The van der Waals surface area contributed by atoms with Gasteiger partial charge in [0.05, 0.1) is 11.6 Å². The SMILES string of the molecule is CCc1ccc(C2CNCCN2C(=O)c2c[nH]cc2C)cc1.Cl. The number of aryl methyl sites for hydroxylation is 2. The van der Waals surface area contributed by atoms with Crippen molar-refractivity contribution in [1.29, 1.82) is 0 Å². The summed E-state index contributed by atoms with van der Waals surface area (Å²) in [6, 6.07) is 8.73. The Morgan fingerprint density at radius 3 is 2.61 bits per heavy atom. The van der Waals surface area contributed by atoms with Crippen molar-refractivity contribution in [2.75, 3.05) is 19.6 Å². The lowest BCUT2D eigenvalue weighted by Crippen LogP contribution is -2.48. The fourth-order valence-corrected chi connectivity index (χ4v) is 3.05. The molecule has 1 unspecified atom stereocenters. The Balaban J connectivity index is 0.00000192. The number of aromatic nitrogens is 1. The van der Waals surface area contributed by atoms with Crippen molar-refractivity contribution >= 4 is 18.3 Å². The molecule has 23 heavy (non-hydrogen) atoms. The van der Waals surface area contributed by atoms with E-state index in [0.29, 0.717) is 0 Å². The summed E-state index contributed by atoms with van der Waals surface area (Å²) < 4.78 is 0. The standard InChI is InChI=1S/C18H23N3O.ClH/c1-3-14-4-6-15(7-5-14)17-12-19-8-9-21(17)18(22)16-11-20-10-13(16)2;/h4-7,10-11,17,19-20H,3,8-9,12H2,1-2H3;1H. The van der Waals surface area contributed by atoms with Crippen LogP contribution in [0, 0.1) is 6.92 Å². The Morgan fingerprint density at radius 2 is 2.00 bits per heavy atom. The number of nitrogens with zero attached hydrogens (tertiary/aromatic N) is 1. The Bertz CT molecular complexity index is 651. The quantitative estimate of drug-likeness (QED) is 0.906. The van der Waals surface area contributed by atoms with Gasteiger partial charge >= 0.3 is 0 Å². The maximum absolute atomic E-state index is 12.9. The van der Waals surface area contributed by atoms with Crippen LogP contribution in [-0.4, -0.2) is 35.4 Å². The van der Waals surface area contributed by atoms with Gasteiger partial charge in [0.2, 0.25) is 0 Å². The highest BCUT2D eigenvalue weighted by Gasteiger charge is 2.29. The van der Waals surface area contributed by atoms with Crippen LogP contribution in [-0.2, 0) is 6.42 Å². The van der Waals surface area contributed by atoms with Gasteiger partial charge in [0.25, 0.3) is 5.91 Å². The van der Waals surface area contributed by atoms with Crippen LogP contribution in [0.2, 0.25) is 0 Å². The van der Waals surface area contributed by atoms with E-state index >= 15 is 0 Å². The van der Waals surface area contributed by atoms with Gasteiger partial charge in [0.15, 0.2) is 0 Å². The van der Waals surface area contributed by atoms with E-state index < -0.39 is 0 Å². The topological polar surface area (TPSA) is 48.1 Å². The number of carbonyl (C=O) groups excluding carboxylic acids is 1. The molecule has 0 bridgehead atoms. The average molecular weight is 334 g/mol. The predicted molar refractivity (Wildman–Crippen MR) is 95.2 cm³/mol. The van der Waals surface area contributed by atoms with Gasteiger partial charge in [-0.2, -0.15) is 0 Å². The van der Waals surface area contributed by atoms with Crippen molar-refractivity contribution in [3.05, 3.63) is 58.9 Å². The third-order valence-electron chi connectivity index (χ3n) is 4.46. The molecule has 4 nitrogen and oxygen atoms in total. The molecule has 1 aliphatic heterocycles. The molecule has 2 heterocycles. The van der Waals surface area contributed by atoms with E-state index in [1.54, 1.807) is 6.20 Å². The molecular weight excluding hydrogens is 310 g/mol. The average Bonchev–Trinajstić information content (AvgIpc) is 3.00. The zero-order chi connectivity index (χ0) is 15.5. The first-order chi connectivity index (χ1) is 10.7. The first-order valence-corrected chi connectivity index (χ1v) is 7.94. The van der Waals surface area contributed by atoms with Crippen molar-refractivity contribution in [3.8, 4) is 0 Å². The summed E-state index contributed by atoms with van der Waals surface area (Å²) in [4.78, 5) is 17.9. The second kappa shape index (κ2) is 7.66. The third-order valence-corrected chi connectivity index (χ3v) is 4.46. The normalized spacial score (nSPS) is 17.7. The lowest BCUT2D eigenvalue weighted by atomic mass is 10.00. The molecule has 2 aromatic rings. The number of carbonyl (C=O) groups is 1. The van der Waals surface area contributed by atoms with E-state index in [-0.39, 0.29) is 24.4 Å². The van der Waals surface area contributed by atoms with Gasteiger partial charge in [-0.1, -0.05) is 31.2 Å². The molecular formula is C18H24ClN3O. The molecule has 0 saturated carbocycles. The van der Waals surface area contributed by atoms with Gasteiger partial charge in [0.1, 0.15) is 0 Å². The van der Waals surface area contributed by atoms with Crippen molar-refractivity contribution in [3.63, 3.8) is 0 Å². The predicted octanol–water partition coefficient (Wildman–Crippen LogP) is 3.09. The van der Waals surface area contributed by atoms with Crippen molar-refractivity contribution < 1.29 is 4.79 Å². The highest BCUT2D eigenvalue weighted by atomic mass is 35.5. The fourth-order valence-electron chi connectivity index (χ4n) is 3.05. The number of benzene rings is 1. The number of aromatic amines is 1. The summed E-state index contributed by atoms with van der Waals surface area (Å²) in [7, 11) is 0. The zero-order valence-electron chi connectivity index (χ0n) is 13.6. The number of piperazine rings is 1. The van der Waals surface area contributed by atoms with Gasteiger partial charge in [-0.15, -0.1) is 12.4 Å². The lowest BCUT2D eigenvalue weighted by Gasteiger charge is -2.36. The number of halogens is 1. The lowest BCUT2D eigenvalue weighted by molar-refractivity contribution is 0.0634. The summed E-state index contributed by atoms with van der Waals surface area (Å²) in [5.74, 6) is 0.116. The molecule has 3 rings (SSSR count). The molecule has 1 aliphatic rings. The van der Waals surface area contributed by atoms with Gasteiger partial charge in [-0.05, 0) is 30.0 Å². The maximum Gasteiger partial charge on any atom is 0.256 e. The van der Waals surface area contributed by atoms with Gasteiger partial charge in [0, 0.05) is 32.0 Å². The van der Waals surface area contributed by atoms with E-state index in [2.05, 4.69) is 41.5 Å². The highest BCUT2D eigenvalue weighted by molar-refractivity contribution is 5.95. The van der Waals surface area contributed by atoms with Crippen LogP contribution in [0.4, 0.5) is 0 Å². The van der Waals surface area contributed by atoms with Crippen LogP contribution < -0.4 is 5.32 Å². The number of hydrogen-bond donors (Lipinski definition) is 2. The summed E-state index contributed by atoms with van der Waals surface area (Å²) in [6.45, 7) is 6.52. The number of H-pyrrole nitrogens is 1. The summed E-state index contributed by atoms with van der Waals surface area (Å²) in [6.07, 6.45) is 4.71. The maximum atomic E-state index is 12.9. The largest absolute Gasteiger partial charge is 0.367 e. The Labute approximate surface area is 143 Å². The molecule has 2 N–H and O–H groups in total. The van der Waals surface area contributed by atoms with E-state index in [0.717, 1.165) is 37.2 Å². The molecule has 1 amide bonds. The number of nitrogens with one attached hydrogen (secondary N) is 2. The van der Waals surface area contributed by atoms with Crippen LogP contribution in [0.3, 0.4) is 0 Å². The molecule has 1 aromatic heterocycles. The first-order valence-electron chi connectivity index (χ1n) is 7.94. The van der Waals surface area contributed by atoms with Gasteiger partial charge < -0.3 is 15.2 Å².